The van der Waals surface area contributed by atoms with Crippen molar-refractivity contribution < 1.29 is 20.1 Å². The lowest BCUT2D eigenvalue weighted by atomic mass is 9.33. The van der Waals surface area contributed by atoms with Crippen LogP contribution < -0.4 is 0 Å². The van der Waals surface area contributed by atoms with Crippen molar-refractivity contribution >= 4 is 5.78 Å². The van der Waals surface area contributed by atoms with Crippen LogP contribution in [-0.4, -0.2) is 27.2 Å². The summed E-state index contributed by atoms with van der Waals surface area (Å²) in [5, 5.41) is 32.4. The average Bonchev–Trinajstić information content (AvgIpc) is 2.73. The second-order valence-electron chi connectivity index (χ2n) is 12.5. The number of phenols is 2. The van der Waals surface area contributed by atoms with Crippen molar-refractivity contribution in [3.8, 4) is 11.5 Å². The van der Waals surface area contributed by atoms with Crippen LogP contribution in [0.15, 0.2) is 17.7 Å². The number of Topliss-reactive ketones (excluding diaryl/α,β-unsaturated/α-hetero) is 1. The van der Waals surface area contributed by atoms with E-state index in [2.05, 4.69) is 40.7 Å². The monoisotopic (exact) mass is 438 g/mol. The number of hydrogen-bond acceptors (Lipinski definition) is 4. The maximum absolute atomic E-state index is 13.6. The van der Waals surface area contributed by atoms with Crippen molar-refractivity contribution in [3.05, 3.63) is 34.4 Å². The van der Waals surface area contributed by atoms with Crippen molar-refractivity contribution in [3.63, 3.8) is 0 Å². The number of carbonyl (C=O) groups excluding carboxylic acids is 1. The van der Waals surface area contributed by atoms with Crippen molar-refractivity contribution in [2.45, 2.75) is 91.6 Å². The van der Waals surface area contributed by atoms with E-state index >= 15 is 0 Å². The Hall–Kier alpha value is -1.81. The standard InChI is InChI=1S/C28H38O4/c1-15-7-8-25(3)9-11-28(6)24-23(32)22(31)20-16(2)21(30)18(29)14-17(20)26(24,4)10-12-27(28,5)19(25)13-15/h7,14,19,23-24,29-30,32H,8-13H2,1-6H3/t19-,23-,24-,25-,26+,27+,28-/m1/s1. The van der Waals surface area contributed by atoms with Crippen molar-refractivity contribution in [1.82, 2.24) is 0 Å². The summed E-state index contributed by atoms with van der Waals surface area (Å²) in [6.45, 7) is 13.3. The molecule has 0 unspecified atom stereocenters. The molecule has 7 atom stereocenters. The Morgan fingerprint density at radius 3 is 2.31 bits per heavy atom. The fourth-order valence-corrected chi connectivity index (χ4v) is 8.91. The lowest BCUT2D eigenvalue weighted by Crippen LogP contribution is -2.68. The molecule has 4 aliphatic carbocycles. The van der Waals surface area contributed by atoms with Gasteiger partial charge in [0.1, 0.15) is 6.10 Å². The molecule has 174 valence electrons. The van der Waals surface area contributed by atoms with E-state index < -0.39 is 11.5 Å². The van der Waals surface area contributed by atoms with Gasteiger partial charge >= 0.3 is 0 Å². The highest BCUT2D eigenvalue weighted by molar-refractivity contribution is 6.05. The highest BCUT2D eigenvalue weighted by Crippen LogP contribution is 2.74. The summed E-state index contributed by atoms with van der Waals surface area (Å²) in [4.78, 5) is 13.6. The Morgan fingerprint density at radius 1 is 0.969 bits per heavy atom. The molecule has 5 rings (SSSR count). The average molecular weight is 439 g/mol. The third-order valence-electron chi connectivity index (χ3n) is 11.1. The van der Waals surface area contributed by atoms with Gasteiger partial charge in [0.15, 0.2) is 17.3 Å². The Bertz CT molecular complexity index is 1060. The van der Waals surface area contributed by atoms with Crippen molar-refractivity contribution in [1.29, 1.82) is 0 Å². The number of phenolic OH excluding ortho intramolecular Hbond substituents is 2. The summed E-state index contributed by atoms with van der Waals surface area (Å²) in [6.07, 6.45) is 7.53. The molecule has 0 amide bonds. The maximum atomic E-state index is 13.6. The van der Waals surface area contributed by atoms with Crippen LogP contribution in [0.2, 0.25) is 0 Å². The maximum Gasteiger partial charge on any atom is 0.192 e. The number of rotatable bonds is 0. The van der Waals surface area contributed by atoms with E-state index in [1.807, 2.05) is 0 Å². The Kier molecular flexibility index (Phi) is 4.40. The van der Waals surface area contributed by atoms with Gasteiger partial charge in [-0.05, 0) is 91.6 Å². The van der Waals surface area contributed by atoms with E-state index in [9.17, 15) is 20.1 Å². The molecule has 4 aliphatic rings. The van der Waals surface area contributed by atoms with Gasteiger partial charge in [-0.1, -0.05) is 39.3 Å². The molecular formula is C28H38O4. The van der Waals surface area contributed by atoms with Gasteiger partial charge in [-0.2, -0.15) is 0 Å². The summed E-state index contributed by atoms with van der Waals surface area (Å²) in [7, 11) is 0. The molecule has 0 saturated heterocycles. The van der Waals surface area contributed by atoms with Crippen LogP contribution in [0.4, 0.5) is 0 Å². The summed E-state index contributed by atoms with van der Waals surface area (Å²) in [5.41, 5.74) is 2.73. The number of aliphatic hydroxyl groups is 1. The van der Waals surface area contributed by atoms with Crippen molar-refractivity contribution in [2.24, 2.45) is 28.1 Å². The molecular weight excluding hydrogens is 400 g/mol. The molecule has 2 saturated carbocycles. The molecule has 1 aromatic rings. The Morgan fingerprint density at radius 2 is 1.62 bits per heavy atom. The summed E-state index contributed by atoms with van der Waals surface area (Å²) < 4.78 is 0. The summed E-state index contributed by atoms with van der Waals surface area (Å²) in [5.74, 6) is -0.409. The number of aromatic hydroxyl groups is 2. The van der Waals surface area contributed by atoms with Gasteiger partial charge in [0.05, 0.1) is 0 Å². The molecule has 3 N–H and O–H groups in total. The zero-order valence-electron chi connectivity index (χ0n) is 20.4. The largest absolute Gasteiger partial charge is 0.504 e. The lowest BCUT2D eigenvalue weighted by Gasteiger charge is -2.71. The van der Waals surface area contributed by atoms with Crippen LogP contribution in [-0.2, 0) is 5.41 Å². The Balaban J connectivity index is 1.71. The number of fused-ring (bicyclic) bond motifs is 7. The molecule has 0 heterocycles. The molecule has 0 aromatic heterocycles. The summed E-state index contributed by atoms with van der Waals surface area (Å²) >= 11 is 0. The van der Waals surface area contributed by atoms with E-state index in [0.29, 0.717) is 17.0 Å². The third-order valence-corrected chi connectivity index (χ3v) is 11.1. The van der Waals surface area contributed by atoms with Crippen LogP contribution in [0, 0.1) is 35.0 Å². The van der Waals surface area contributed by atoms with E-state index in [1.54, 1.807) is 13.0 Å². The van der Waals surface area contributed by atoms with E-state index in [0.717, 1.165) is 44.1 Å². The molecule has 4 nitrogen and oxygen atoms in total. The topological polar surface area (TPSA) is 77.8 Å². The minimum atomic E-state index is -1.09. The van der Waals surface area contributed by atoms with Crippen LogP contribution in [0.5, 0.6) is 11.5 Å². The van der Waals surface area contributed by atoms with Crippen LogP contribution in [0.25, 0.3) is 0 Å². The first kappa shape index (κ1) is 22.0. The molecule has 4 heteroatoms. The predicted molar refractivity (Wildman–Crippen MR) is 125 cm³/mol. The first-order chi connectivity index (χ1) is 14.8. The fourth-order valence-electron chi connectivity index (χ4n) is 8.91. The van der Waals surface area contributed by atoms with Gasteiger partial charge in [-0.3, -0.25) is 4.79 Å². The zero-order chi connectivity index (χ0) is 23.4. The molecule has 0 bridgehead atoms. The lowest BCUT2D eigenvalue weighted by molar-refractivity contribution is -0.204. The fraction of sp³-hybridized carbons (Fsp3) is 0.679. The van der Waals surface area contributed by atoms with Gasteiger partial charge in [-0.15, -0.1) is 0 Å². The van der Waals surface area contributed by atoms with Gasteiger partial charge in [-0.25, -0.2) is 0 Å². The van der Waals surface area contributed by atoms with E-state index in [4.69, 9.17) is 0 Å². The molecule has 0 radical (unpaired) electrons. The van der Waals surface area contributed by atoms with E-state index in [-0.39, 0.29) is 39.4 Å². The number of carbonyl (C=O) groups is 1. The number of hydrogen-bond donors (Lipinski definition) is 3. The van der Waals surface area contributed by atoms with Gasteiger partial charge in [0.25, 0.3) is 0 Å². The normalized spacial score (nSPS) is 45.3. The van der Waals surface area contributed by atoms with Gasteiger partial charge < -0.3 is 15.3 Å². The van der Waals surface area contributed by atoms with Gasteiger partial charge in [0, 0.05) is 17.0 Å². The van der Waals surface area contributed by atoms with Crippen molar-refractivity contribution in [2.75, 3.05) is 0 Å². The second-order valence-corrected chi connectivity index (χ2v) is 12.5. The second kappa shape index (κ2) is 6.40. The number of benzene rings is 1. The van der Waals surface area contributed by atoms with E-state index in [1.165, 1.54) is 5.57 Å². The van der Waals surface area contributed by atoms with Gasteiger partial charge in [0.2, 0.25) is 0 Å². The predicted octanol–water partition coefficient (Wildman–Crippen LogP) is 5.80. The highest BCUT2D eigenvalue weighted by Gasteiger charge is 2.69. The quantitative estimate of drug-likeness (QED) is 0.353. The molecule has 2 fully saturated rings. The molecule has 0 spiro atoms. The first-order valence-electron chi connectivity index (χ1n) is 12.2. The summed E-state index contributed by atoms with van der Waals surface area (Å²) in [6, 6.07) is 1.60. The highest BCUT2D eigenvalue weighted by atomic mass is 16.3. The zero-order valence-corrected chi connectivity index (χ0v) is 20.4. The molecule has 0 aliphatic heterocycles. The number of aliphatic hydroxyl groups excluding tert-OH is 1. The van der Waals surface area contributed by atoms with Crippen LogP contribution in [0.3, 0.4) is 0 Å². The van der Waals surface area contributed by atoms with Crippen LogP contribution >= 0.6 is 0 Å². The third kappa shape index (κ3) is 2.40. The number of ketones is 1. The molecule has 32 heavy (non-hydrogen) atoms. The Labute approximate surface area is 191 Å². The minimum Gasteiger partial charge on any atom is -0.504 e. The first-order valence-corrected chi connectivity index (χ1v) is 12.2. The SMILES string of the molecule is CC1=CC[C@]2(C)CC[C@]3(C)[C@@H]4[C@H](O)C(=O)c5c(cc(O)c(O)c5C)[C@]4(C)CC[C@@]3(C)[C@@H]2C1. The molecule has 1 aromatic carbocycles. The van der Waals surface area contributed by atoms with Crippen LogP contribution in [0.1, 0.15) is 94.6 Å². The smallest absolute Gasteiger partial charge is 0.192 e. The minimum absolute atomic E-state index is 0.0203. The number of allylic oxidation sites excluding steroid dienone is 2.